The number of carbonyl (C=O) groups is 1. The van der Waals surface area contributed by atoms with Crippen molar-refractivity contribution in [3.05, 3.63) is 58.6 Å². The van der Waals surface area contributed by atoms with Crippen LogP contribution in [0.2, 0.25) is 5.02 Å². The third kappa shape index (κ3) is 4.95. The quantitative estimate of drug-likeness (QED) is 0.555. The maximum atomic E-state index is 12.7. The zero-order valence-electron chi connectivity index (χ0n) is 15.9. The second-order valence-corrected chi connectivity index (χ2v) is 9.16. The van der Waals surface area contributed by atoms with Gasteiger partial charge in [0, 0.05) is 29.2 Å². The molecule has 2 N–H and O–H groups in total. The van der Waals surface area contributed by atoms with Crippen LogP contribution in [-0.4, -0.2) is 42.5 Å². The largest absolute Gasteiger partial charge is 0.507 e. The van der Waals surface area contributed by atoms with Gasteiger partial charge in [-0.3, -0.25) is 4.79 Å². The number of aromatic hydroxyl groups is 1. The lowest BCUT2D eigenvalue weighted by molar-refractivity contribution is 0.0954. The molecule has 29 heavy (non-hydrogen) atoms. The summed E-state index contributed by atoms with van der Waals surface area (Å²) < 4.78 is 26.8. The minimum Gasteiger partial charge on any atom is -0.507 e. The van der Waals surface area contributed by atoms with Crippen LogP contribution >= 0.6 is 11.6 Å². The highest BCUT2D eigenvalue weighted by Gasteiger charge is 2.25. The predicted molar refractivity (Wildman–Crippen MR) is 112 cm³/mol. The average Bonchev–Trinajstić information content (AvgIpc) is 2.74. The van der Waals surface area contributed by atoms with Crippen molar-refractivity contribution in [2.24, 2.45) is 5.10 Å². The van der Waals surface area contributed by atoms with E-state index < -0.39 is 15.9 Å². The van der Waals surface area contributed by atoms with Crippen molar-refractivity contribution in [2.75, 3.05) is 13.1 Å². The van der Waals surface area contributed by atoms with Gasteiger partial charge in [0.25, 0.3) is 5.91 Å². The number of hydrazone groups is 1. The minimum absolute atomic E-state index is 0.00262. The number of carbonyl (C=O) groups excluding carboxylic acids is 1. The molecule has 0 aromatic heterocycles. The summed E-state index contributed by atoms with van der Waals surface area (Å²) in [7, 11) is -3.54. The molecule has 7 nitrogen and oxygen atoms in total. The standard InChI is InChI=1S/C20H22ClN3O4S/c1-14(18-13-16(21)7-10-19(18)25)22-23-20(26)15-5-8-17(9-6-15)29(27,28)24-11-3-2-4-12-24/h5-10,13,25H,2-4,11-12H2,1H3,(H,23,26)/b22-14+. The summed E-state index contributed by atoms with van der Waals surface area (Å²) in [6, 6.07) is 10.3. The van der Waals surface area contributed by atoms with Crippen LogP contribution in [0.25, 0.3) is 0 Å². The van der Waals surface area contributed by atoms with E-state index in [4.69, 9.17) is 11.6 Å². The Kier molecular flexibility index (Phi) is 6.56. The van der Waals surface area contributed by atoms with Gasteiger partial charge in [-0.05, 0) is 62.2 Å². The normalized spacial score (nSPS) is 15.9. The summed E-state index contributed by atoms with van der Waals surface area (Å²) in [5.41, 5.74) is 3.45. The number of halogens is 1. The van der Waals surface area contributed by atoms with Crippen LogP contribution in [0.15, 0.2) is 52.5 Å². The molecule has 2 aromatic rings. The summed E-state index contributed by atoms with van der Waals surface area (Å²) in [5, 5.41) is 14.3. The Morgan fingerprint density at radius 3 is 2.41 bits per heavy atom. The van der Waals surface area contributed by atoms with Gasteiger partial charge in [-0.15, -0.1) is 0 Å². The third-order valence-electron chi connectivity index (χ3n) is 4.74. The molecule has 0 spiro atoms. The van der Waals surface area contributed by atoms with Crippen LogP contribution in [0.3, 0.4) is 0 Å². The second kappa shape index (κ2) is 8.94. The Balaban J connectivity index is 1.71. The van der Waals surface area contributed by atoms with Gasteiger partial charge < -0.3 is 5.11 Å². The van der Waals surface area contributed by atoms with Gasteiger partial charge >= 0.3 is 0 Å². The molecule has 1 aliphatic heterocycles. The number of phenols is 1. The van der Waals surface area contributed by atoms with E-state index in [1.807, 2.05) is 0 Å². The third-order valence-corrected chi connectivity index (χ3v) is 6.89. The summed E-state index contributed by atoms with van der Waals surface area (Å²) in [6.45, 7) is 2.67. The summed E-state index contributed by atoms with van der Waals surface area (Å²) >= 11 is 5.92. The number of phenolic OH excluding ortho intramolecular Hbond substituents is 1. The highest BCUT2D eigenvalue weighted by atomic mass is 35.5. The Bertz CT molecular complexity index is 1030. The van der Waals surface area contributed by atoms with Crippen LogP contribution < -0.4 is 5.43 Å². The van der Waals surface area contributed by atoms with Gasteiger partial charge in [0.05, 0.1) is 10.6 Å². The van der Waals surface area contributed by atoms with E-state index in [-0.39, 0.29) is 16.2 Å². The van der Waals surface area contributed by atoms with Gasteiger partial charge in [0.2, 0.25) is 10.0 Å². The van der Waals surface area contributed by atoms with E-state index in [1.54, 1.807) is 19.1 Å². The van der Waals surface area contributed by atoms with E-state index in [0.717, 1.165) is 19.3 Å². The molecule has 1 amide bonds. The first kappa shape index (κ1) is 21.3. The number of hydrogen-bond donors (Lipinski definition) is 2. The van der Waals surface area contributed by atoms with Crippen molar-refractivity contribution in [3.63, 3.8) is 0 Å². The van der Waals surface area contributed by atoms with Gasteiger partial charge in [0.1, 0.15) is 5.75 Å². The molecular weight excluding hydrogens is 414 g/mol. The predicted octanol–water partition coefficient (Wildman–Crippen LogP) is 3.37. The number of nitrogens with zero attached hydrogens (tertiary/aromatic N) is 2. The molecule has 2 aromatic carbocycles. The Morgan fingerprint density at radius 1 is 1.10 bits per heavy atom. The SMILES string of the molecule is C/C(=N\NC(=O)c1ccc(S(=O)(=O)N2CCCCC2)cc1)c1cc(Cl)ccc1O. The van der Waals surface area contributed by atoms with Crippen LogP contribution in [-0.2, 0) is 10.0 Å². The minimum atomic E-state index is -3.54. The first-order chi connectivity index (χ1) is 13.8. The maximum Gasteiger partial charge on any atom is 0.271 e. The molecule has 9 heteroatoms. The van der Waals surface area contributed by atoms with Gasteiger partial charge in [0.15, 0.2) is 0 Å². The number of rotatable bonds is 5. The van der Waals surface area contributed by atoms with Crippen molar-refractivity contribution in [3.8, 4) is 5.75 Å². The molecule has 0 radical (unpaired) electrons. The molecule has 0 saturated carbocycles. The van der Waals surface area contributed by atoms with E-state index in [9.17, 15) is 18.3 Å². The number of hydrogen-bond acceptors (Lipinski definition) is 5. The summed E-state index contributed by atoms with van der Waals surface area (Å²) in [4.78, 5) is 12.5. The van der Waals surface area contributed by atoms with E-state index in [1.165, 1.54) is 34.6 Å². The summed E-state index contributed by atoms with van der Waals surface area (Å²) in [6.07, 6.45) is 2.76. The molecule has 1 aliphatic rings. The summed E-state index contributed by atoms with van der Waals surface area (Å²) in [5.74, 6) is -0.495. The molecule has 0 atom stereocenters. The Labute approximate surface area is 175 Å². The highest BCUT2D eigenvalue weighted by molar-refractivity contribution is 7.89. The fourth-order valence-electron chi connectivity index (χ4n) is 3.09. The van der Waals surface area contributed by atoms with Crippen molar-refractivity contribution in [1.29, 1.82) is 0 Å². The Hall–Kier alpha value is -2.42. The van der Waals surface area contributed by atoms with Gasteiger partial charge in [-0.25, -0.2) is 13.8 Å². The first-order valence-corrected chi connectivity index (χ1v) is 11.0. The molecule has 0 unspecified atom stereocenters. The Morgan fingerprint density at radius 2 is 1.76 bits per heavy atom. The molecule has 0 aliphatic carbocycles. The lowest BCUT2D eigenvalue weighted by Gasteiger charge is -2.25. The molecule has 1 saturated heterocycles. The number of sulfonamides is 1. The van der Waals surface area contributed by atoms with Gasteiger partial charge in [-0.2, -0.15) is 9.41 Å². The van der Waals surface area contributed by atoms with Crippen molar-refractivity contribution in [2.45, 2.75) is 31.1 Å². The molecular formula is C20H22ClN3O4S. The van der Waals surface area contributed by atoms with Crippen molar-refractivity contribution in [1.82, 2.24) is 9.73 Å². The number of amides is 1. The fraction of sp³-hybridized carbons (Fsp3) is 0.300. The monoisotopic (exact) mass is 435 g/mol. The molecule has 3 rings (SSSR count). The van der Waals surface area contributed by atoms with Crippen molar-refractivity contribution >= 4 is 33.2 Å². The molecule has 1 fully saturated rings. The van der Waals surface area contributed by atoms with Crippen LogP contribution in [0.1, 0.15) is 42.1 Å². The second-order valence-electron chi connectivity index (χ2n) is 6.79. The number of piperidine rings is 1. The zero-order chi connectivity index (χ0) is 21.0. The average molecular weight is 436 g/mol. The fourth-order valence-corrected chi connectivity index (χ4v) is 4.78. The topological polar surface area (TPSA) is 99.1 Å². The number of benzene rings is 2. The lowest BCUT2D eigenvalue weighted by Crippen LogP contribution is -2.35. The smallest absolute Gasteiger partial charge is 0.271 e. The van der Waals surface area contributed by atoms with Crippen molar-refractivity contribution < 1.29 is 18.3 Å². The first-order valence-electron chi connectivity index (χ1n) is 9.23. The van der Waals surface area contributed by atoms with Crippen LogP contribution in [0.4, 0.5) is 0 Å². The zero-order valence-corrected chi connectivity index (χ0v) is 17.5. The molecule has 1 heterocycles. The molecule has 0 bridgehead atoms. The molecule has 154 valence electrons. The van der Waals surface area contributed by atoms with Crippen LogP contribution in [0.5, 0.6) is 5.75 Å². The van der Waals surface area contributed by atoms with Gasteiger partial charge in [-0.1, -0.05) is 18.0 Å². The highest BCUT2D eigenvalue weighted by Crippen LogP contribution is 2.22. The van der Waals surface area contributed by atoms with Crippen LogP contribution in [0, 0.1) is 0 Å². The number of nitrogens with one attached hydrogen (secondary N) is 1. The lowest BCUT2D eigenvalue weighted by atomic mass is 10.1. The van der Waals surface area contributed by atoms with E-state index >= 15 is 0 Å². The maximum absolute atomic E-state index is 12.7. The van der Waals surface area contributed by atoms with E-state index in [2.05, 4.69) is 10.5 Å². The van der Waals surface area contributed by atoms with E-state index in [0.29, 0.717) is 29.4 Å².